The molecule has 1 heterocycles. The highest BCUT2D eigenvalue weighted by atomic mass is 16.4. The van der Waals surface area contributed by atoms with E-state index in [4.69, 9.17) is 5.11 Å². The molecule has 0 aromatic heterocycles. The fourth-order valence-electron chi connectivity index (χ4n) is 1.60. The molecule has 3 heteroatoms. The predicted molar refractivity (Wildman–Crippen MR) is 47.0 cm³/mol. The highest BCUT2D eigenvalue weighted by molar-refractivity contribution is 5.79. The van der Waals surface area contributed by atoms with Gasteiger partial charge in [0.1, 0.15) is 0 Å². The zero-order valence-electron chi connectivity index (χ0n) is 7.36. The van der Waals surface area contributed by atoms with E-state index in [0.717, 1.165) is 13.0 Å². The lowest BCUT2D eigenvalue weighted by molar-refractivity contribution is -0.131. The van der Waals surface area contributed by atoms with Gasteiger partial charge in [0.2, 0.25) is 0 Å². The van der Waals surface area contributed by atoms with E-state index in [1.54, 1.807) is 6.08 Å². The molecule has 0 amide bonds. The molecule has 0 radical (unpaired) electrons. The molecule has 0 aliphatic carbocycles. The van der Waals surface area contributed by atoms with Gasteiger partial charge in [-0.15, -0.1) is 0 Å². The van der Waals surface area contributed by atoms with E-state index in [1.807, 2.05) is 0 Å². The van der Waals surface area contributed by atoms with Crippen LogP contribution in [0, 0.1) is 0 Å². The van der Waals surface area contributed by atoms with Crippen LogP contribution in [0.4, 0.5) is 0 Å². The summed E-state index contributed by atoms with van der Waals surface area (Å²) >= 11 is 0. The summed E-state index contributed by atoms with van der Waals surface area (Å²) in [6, 6.07) is 0.556. The van der Waals surface area contributed by atoms with Crippen molar-refractivity contribution in [3.63, 3.8) is 0 Å². The SMILES string of the molecule is CN1CCC[C@H]1C/C=C/C(=O)O. The Hall–Kier alpha value is -0.830. The molecular weight excluding hydrogens is 154 g/mol. The molecule has 1 saturated heterocycles. The molecule has 0 aromatic rings. The first-order valence-electron chi connectivity index (χ1n) is 4.30. The highest BCUT2D eigenvalue weighted by Gasteiger charge is 2.18. The average Bonchev–Trinajstić information content (AvgIpc) is 2.36. The van der Waals surface area contributed by atoms with Crippen molar-refractivity contribution in [3.8, 4) is 0 Å². The second-order valence-electron chi connectivity index (χ2n) is 3.25. The van der Waals surface area contributed by atoms with E-state index in [2.05, 4.69) is 11.9 Å². The fraction of sp³-hybridized carbons (Fsp3) is 0.667. The van der Waals surface area contributed by atoms with Gasteiger partial charge in [-0.25, -0.2) is 4.79 Å². The molecule has 12 heavy (non-hydrogen) atoms. The topological polar surface area (TPSA) is 40.5 Å². The Morgan fingerprint density at radius 3 is 3.00 bits per heavy atom. The van der Waals surface area contributed by atoms with Crippen molar-refractivity contribution in [3.05, 3.63) is 12.2 Å². The molecule has 1 fully saturated rings. The van der Waals surface area contributed by atoms with E-state index >= 15 is 0 Å². The van der Waals surface area contributed by atoms with E-state index in [9.17, 15) is 4.79 Å². The number of likely N-dealkylation sites (tertiary alicyclic amines) is 1. The summed E-state index contributed by atoms with van der Waals surface area (Å²) in [5, 5.41) is 8.35. The van der Waals surface area contributed by atoms with Crippen LogP contribution in [0.5, 0.6) is 0 Å². The second kappa shape index (κ2) is 4.26. The summed E-state index contributed by atoms with van der Waals surface area (Å²) in [4.78, 5) is 12.4. The monoisotopic (exact) mass is 169 g/mol. The number of carboxylic acids is 1. The van der Waals surface area contributed by atoms with Crippen molar-refractivity contribution in [2.75, 3.05) is 13.6 Å². The van der Waals surface area contributed by atoms with Gasteiger partial charge in [0.05, 0.1) is 0 Å². The molecule has 3 nitrogen and oxygen atoms in total. The third kappa shape index (κ3) is 2.66. The van der Waals surface area contributed by atoms with Gasteiger partial charge in [-0.2, -0.15) is 0 Å². The Kier molecular flexibility index (Phi) is 3.29. The van der Waals surface area contributed by atoms with Gasteiger partial charge in [0.15, 0.2) is 0 Å². The van der Waals surface area contributed by atoms with Crippen LogP contribution in [0.15, 0.2) is 12.2 Å². The van der Waals surface area contributed by atoms with Crippen LogP contribution in [-0.4, -0.2) is 35.6 Å². The van der Waals surface area contributed by atoms with Gasteiger partial charge in [-0.05, 0) is 32.9 Å². The summed E-state index contributed by atoms with van der Waals surface area (Å²) in [6.45, 7) is 1.14. The summed E-state index contributed by atoms with van der Waals surface area (Å²) in [6.07, 6.45) is 6.27. The zero-order chi connectivity index (χ0) is 8.97. The second-order valence-corrected chi connectivity index (χ2v) is 3.25. The maximum absolute atomic E-state index is 10.2. The quantitative estimate of drug-likeness (QED) is 0.643. The minimum absolute atomic E-state index is 0.556. The molecule has 68 valence electrons. The number of carboxylic acid groups (broad SMARTS) is 1. The molecule has 1 atom stereocenters. The van der Waals surface area contributed by atoms with Crippen molar-refractivity contribution >= 4 is 5.97 Å². The van der Waals surface area contributed by atoms with E-state index < -0.39 is 5.97 Å². The van der Waals surface area contributed by atoms with Crippen LogP contribution in [-0.2, 0) is 4.79 Å². The predicted octanol–water partition coefficient (Wildman–Crippen LogP) is 1.11. The molecule has 0 aromatic carbocycles. The Morgan fingerprint density at radius 1 is 1.75 bits per heavy atom. The first-order chi connectivity index (χ1) is 5.70. The highest BCUT2D eigenvalue weighted by Crippen LogP contribution is 2.17. The van der Waals surface area contributed by atoms with E-state index in [-0.39, 0.29) is 0 Å². The van der Waals surface area contributed by atoms with Gasteiger partial charge in [-0.1, -0.05) is 6.08 Å². The summed E-state index contributed by atoms with van der Waals surface area (Å²) in [7, 11) is 2.09. The minimum atomic E-state index is -0.851. The summed E-state index contributed by atoms with van der Waals surface area (Å²) in [5.41, 5.74) is 0. The van der Waals surface area contributed by atoms with E-state index in [0.29, 0.717) is 6.04 Å². The molecule has 0 spiro atoms. The van der Waals surface area contributed by atoms with Gasteiger partial charge in [0.25, 0.3) is 0 Å². The molecule has 1 N–H and O–H groups in total. The molecule has 0 saturated carbocycles. The van der Waals surface area contributed by atoms with Crippen LogP contribution < -0.4 is 0 Å². The zero-order valence-corrected chi connectivity index (χ0v) is 7.36. The summed E-state index contributed by atoms with van der Waals surface area (Å²) < 4.78 is 0. The first-order valence-corrected chi connectivity index (χ1v) is 4.30. The van der Waals surface area contributed by atoms with Crippen LogP contribution >= 0.6 is 0 Å². The van der Waals surface area contributed by atoms with Gasteiger partial charge in [-0.3, -0.25) is 0 Å². The number of aliphatic carboxylic acids is 1. The smallest absolute Gasteiger partial charge is 0.327 e. The fourth-order valence-corrected chi connectivity index (χ4v) is 1.60. The van der Waals surface area contributed by atoms with Gasteiger partial charge >= 0.3 is 5.97 Å². The van der Waals surface area contributed by atoms with Crippen molar-refractivity contribution in [2.24, 2.45) is 0 Å². The van der Waals surface area contributed by atoms with Crippen molar-refractivity contribution in [1.82, 2.24) is 4.90 Å². The lowest BCUT2D eigenvalue weighted by Gasteiger charge is -2.16. The third-order valence-corrected chi connectivity index (χ3v) is 2.34. The molecule has 0 unspecified atom stereocenters. The Bertz CT molecular complexity index is 189. The van der Waals surface area contributed by atoms with Crippen molar-refractivity contribution in [1.29, 1.82) is 0 Å². The maximum atomic E-state index is 10.2. The van der Waals surface area contributed by atoms with Crippen LogP contribution in [0.3, 0.4) is 0 Å². The van der Waals surface area contributed by atoms with Crippen molar-refractivity contribution in [2.45, 2.75) is 25.3 Å². The first kappa shape index (κ1) is 9.26. The molecule has 0 bridgehead atoms. The molecule has 1 rings (SSSR count). The van der Waals surface area contributed by atoms with Crippen molar-refractivity contribution < 1.29 is 9.90 Å². The normalized spacial score (nSPS) is 25.2. The third-order valence-electron chi connectivity index (χ3n) is 2.34. The maximum Gasteiger partial charge on any atom is 0.327 e. The molecule has 1 aliphatic rings. The number of hydrogen-bond acceptors (Lipinski definition) is 2. The number of carbonyl (C=O) groups is 1. The summed E-state index contributed by atoms with van der Waals surface area (Å²) in [5.74, 6) is -0.851. The lowest BCUT2D eigenvalue weighted by Crippen LogP contribution is -2.23. The molecule has 1 aliphatic heterocycles. The van der Waals surface area contributed by atoms with Gasteiger partial charge < -0.3 is 10.0 Å². The molecular formula is C9H15NO2. The van der Waals surface area contributed by atoms with Crippen LogP contribution in [0.2, 0.25) is 0 Å². The standard InChI is InChI=1S/C9H15NO2/c1-10-7-3-5-8(10)4-2-6-9(11)12/h2,6,8H,3-5,7H2,1H3,(H,11,12)/b6-2+/t8-/m1/s1. The number of nitrogens with zero attached hydrogens (tertiary/aromatic N) is 1. The Morgan fingerprint density at radius 2 is 2.50 bits per heavy atom. The van der Waals surface area contributed by atoms with Crippen LogP contribution in [0.25, 0.3) is 0 Å². The largest absolute Gasteiger partial charge is 0.478 e. The van der Waals surface area contributed by atoms with Crippen LogP contribution in [0.1, 0.15) is 19.3 Å². The van der Waals surface area contributed by atoms with Gasteiger partial charge in [0, 0.05) is 12.1 Å². The minimum Gasteiger partial charge on any atom is -0.478 e. The Balaban J connectivity index is 2.26. The average molecular weight is 169 g/mol. The number of rotatable bonds is 3. The number of hydrogen-bond donors (Lipinski definition) is 1. The lowest BCUT2D eigenvalue weighted by atomic mass is 10.1. The Labute approximate surface area is 72.7 Å². The van der Waals surface area contributed by atoms with E-state index in [1.165, 1.54) is 18.9 Å².